The number of aromatic nitrogens is 2. The highest BCUT2D eigenvalue weighted by atomic mass is 79.9. The second kappa shape index (κ2) is 6.10. The van der Waals surface area contributed by atoms with Gasteiger partial charge in [-0.05, 0) is 51.0 Å². The predicted octanol–water partition coefficient (Wildman–Crippen LogP) is 3.61. The van der Waals surface area contributed by atoms with Crippen LogP contribution < -0.4 is 5.32 Å². The maximum Gasteiger partial charge on any atom is 0.224 e. The standard InChI is InChI=1S/C19H26BrN3O4/c1-11-5-6-13-18(3,20)14(23-16-21-9-4-10-22-16)24-15-19(13)12(11)7-8-17(2,25-15)26-27-19/h4,9-15H,5-8H2,1-3H3,(H,21,22,23)/t11-,12+,13+,14+,15-,17+,18+,19-/m1/s1. The van der Waals surface area contributed by atoms with Crippen molar-refractivity contribution >= 4 is 21.9 Å². The van der Waals surface area contributed by atoms with E-state index in [0.29, 0.717) is 17.8 Å². The Morgan fingerprint density at radius 3 is 2.70 bits per heavy atom. The van der Waals surface area contributed by atoms with Crippen LogP contribution in [0.3, 0.4) is 0 Å². The highest BCUT2D eigenvalue weighted by Gasteiger charge is 2.72. The Kier molecular flexibility index (Phi) is 4.12. The van der Waals surface area contributed by atoms with Crippen molar-refractivity contribution in [3.8, 4) is 0 Å². The van der Waals surface area contributed by atoms with Crippen LogP contribution in [0.1, 0.15) is 46.5 Å². The van der Waals surface area contributed by atoms with Crippen molar-refractivity contribution in [3.05, 3.63) is 18.5 Å². The lowest BCUT2D eigenvalue weighted by Crippen LogP contribution is -2.74. The first kappa shape index (κ1) is 18.2. The van der Waals surface area contributed by atoms with Crippen molar-refractivity contribution in [3.63, 3.8) is 0 Å². The van der Waals surface area contributed by atoms with E-state index in [1.54, 1.807) is 18.5 Å². The third-order valence-corrected chi connectivity index (χ3v) is 7.97. The summed E-state index contributed by atoms with van der Waals surface area (Å²) in [6.45, 7) is 6.40. The molecule has 0 amide bonds. The van der Waals surface area contributed by atoms with Gasteiger partial charge in [0.1, 0.15) is 6.23 Å². The molecule has 0 aromatic carbocycles. The first-order valence-corrected chi connectivity index (χ1v) is 10.6. The van der Waals surface area contributed by atoms with Gasteiger partial charge in [-0.15, -0.1) is 0 Å². The maximum atomic E-state index is 6.50. The van der Waals surface area contributed by atoms with Crippen LogP contribution in [0.4, 0.5) is 5.95 Å². The monoisotopic (exact) mass is 439 g/mol. The molecule has 1 aromatic heterocycles. The summed E-state index contributed by atoms with van der Waals surface area (Å²) in [5, 5.41) is 3.34. The average Bonchev–Trinajstić information content (AvgIpc) is 2.86. The van der Waals surface area contributed by atoms with Gasteiger partial charge >= 0.3 is 0 Å². The topological polar surface area (TPSA) is 74.7 Å². The number of ether oxygens (including phenoxy) is 2. The molecular weight excluding hydrogens is 414 g/mol. The number of anilines is 1. The van der Waals surface area contributed by atoms with Gasteiger partial charge in [-0.3, -0.25) is 0 Å². The number of rotatable bonds is 2. The first-order valence-electron chi connectivity index (χ1n) is 9.78. The number of nitrogens with zero attached hydrogens (tertiary/aromatic N) is 2. The van der Waals surface area contributed by atoms with E-state index in [4.69, 9.17) is 19.2 Å². The molecule has 8 heteroatoms. The van der Waals surface area contributed by atoms with E-state index >= 15 is 0 Å². The molecular formula is C19H26BrN3O4. The minimum absolute atomic E-state index is 0.161. The van der Waals surface area contributed by atoms with Crippen molar-refractivity contribution in [2.45, 2.75) is 74.7 Å². The van der Waals surface area contributed by atoms with Gasteiger partial charge in [0, 0.05) is 24.7 Å². The highest BCUT2D eigenvalue weighted by molar-refractivity contribution is 9.10. The van der Waals surface area contributed by atoms with E-state index in [1.165, 1.54) is 0 Å². The van der Waals surface area contributed by atoms with Crippen LogP contribution in [-0.4, -0.2) is 38.2 Å². The Morgan fingerprint density at radius 2 is 1.93 bits per heavy atom. The molecule has 5 aliphatic rings. The van der Waals surface area contributed by atoms with Gasteiger partial charge in [-0.25, -0.2) is 19.7 Å². The van der Waals surface area contributed by atoms with Crippen molar-refractivity contribution in [1.29, 1.82) is 0 Å². The molecule has 2 bridgehead atoms. The van der Waals surface area contributed by atoms with Gasteiger partial charge in [0.15, 0.2) is 11.9 Å². The maximum absolute atomic E-state index is 6.50. The second-order valence-corrected chi connectivity index (χ2v) is 10.4. The van der Waals surface area contributed by atoms with Gasteiger partial charge in [-0.1, -0.05) is 22.9 Å². The van der Waals surface area contributed by atoms with Gasteiger partial charge in [-0.2, -0.15) is 0 Å². The fraction of sp³-hybridized carbons (Fsp3) is 0.789. The molecule has 0 unspecified atom stereocenters. The molecule has 4 saturated heterocycles. The summed E-state index contributed by atoms with van der Waals surface area (Å²) in [7, 11) is 0. The summed E-state index contributed by atoms with van der Waals surface area (Å²) in [6.07, 6.45) is 6.55. The molecule has 148 valence electrons. The summed E-state index contributed by atoms with van der Waals surface area (Å²) >= 11 is 3.98. The van der Waals surface area contributed by atoms with Crippen molar-refractivity contribution in [1.82, 2.24) is 9.97 Å². The molecule has 1 N–H and O–H groups in total. The molecule has 7 nitrogen and oxygen atoms in total. The van der Waals surface area contributed by atoms with Crippen LogP contribution in [-0.2, 0) is 19.2 Å². The fourth-order valence-corrected chi connectivity index (χ4v) is 6.36. The van der Waals surface area contributed by atoms with Crippen LogP contribution in [0.2, 0.25) is 0 Å². The second-order valence-electron chi connectivity index (χ2n) is 8.74. The summed E-state index contributed by atoms with van der Waals surface area (Å²) in [6, 6.07) is 1.79. The third kappa shape index (κ3) is 2.60. The Hall–Kier alpha value is -0.800. The third-order valence-electron chi connectivity index (χ3n) is 7.00. The lowest BCUT2D eigenvalue weighted by atomic mass is 9.58. The Balaban J connectivity index is 1.55. The van der Waals surface area contributed by atoms with Crippen LogP contribution in [0.5, 0.6) is 0 Å². The number of nitrogens with one attached hydrogen (secondary N) is 1. The van der Waals surface area contributed by atoms with E-state index in [9.17, 15) is 0 Å². The SMILES string of the molecule is C[C@@H]1CC[C@H]2[C@](C)(Br)[C@@H](Nc3ncccn3)O[C@@H]3O[C@]4(C)CC[C@@H]1[C@]32OO4. The Labute approximate surface area is 167 Å². The number of alkyl halides is 1. The first-order chi connectivity index (χ1) is 12.9. The molecule has 8 atom stereocenters. The zero-order valence-electron chi connectivity index (χ0n) is 15.9. The molecule has 6 rings (SSSR count). The number of fused-ring (bicyclic) bond motifs is 2. The molecule has 4 aliphatic heterocycles. The van der Waals surface area contributed by atoms with Crippen LogP contribution >= 0.6 is 15.9 Å². The molecule has 0 radical (unpaired) electrons. The van der Waals surface area contributed by atoms with Crippen molar-refractivity contribution < 1.29 is 19.2 Å². The zero-order valence-corrected chi connectivity index (χ0v) is 17.4. The van der Waals surface area contributed by atoms with Gasteiger partial charge < -0.3 is 14.8 Å². The lowest BCUT2D eigenvalue weighted by molar-refractivity contribution is -0.568. The molecule has 27 heavy (non-hydrogen) atoms. The van der Waals surface area contributed by atoms with Gasteiger partial charge in [0.05, 0.1) is 4.32 Å². The summed E-state index contributed by atoms with van der Waals surface area (Å²) in [5.74, 6) is 0.785. The molecule has 5 heterocycles. The minimum Gasteiger partial charge on any atom is -0.327 e. The van der Waals surface area contributed by atoms with Gasteiger partial charge in [0.2, 0.25) is 11.7 Å². The van der Waals surface area contributed by atoms with E-state index in [-0.39, 0.29) is 12.1 Å². The van der Waals surface area contributed by atoms with Gasteiger partial charge in [0.25, 0.3) is 0 Å². The highest BCUT2D eigenvalue weighted by Crippen LogP contribution is 2.63. The summed E-state index contributed by atoms with van der Waals surface area (Å²) in [5.41, 5.74) is -0.609. The van der Waals surface area contributed by atoms with E-state index in [1.807, 2.05) is 6.92 Å². The number of hydrogen-bond acceptors (Lipinski definition) is 7. The largest absolute Gasteiger partial charge is 0.327 e. The molecule has 5 fully saturated rings. The summed E-state index contributed by atoms with van der Waals surface area (Å²) < 4.78 is 12.5. The minimum atomic E-state index is -0.772. The average molecular weight is 440 g/mol. The number of hydrogen-bond donors (Lipinski definition) is 1. The van der Waals surface area contributed by atoms with Crippen molar-refractivity contribution in [2.24, 2.45) is 17.8 Å². The van der Waals surface area contributed by atoms with E-state index in [0.717, 1.165) is 25.7 Å². The van der Waals surface area contributed by atoms with Crippen LogP contribution in [0.15, 0.2) is 18.5 Å². The fourth-order valence-electron chi connectivity index (χ4n) is 5.55. The smallest absolute Gasteiger partial charge is 0.224 e. The molecule has 1 aliphatic carbocycles. The number of halogens is 1. The Morgan fingerprint density at radius 1 is 1.15 bits per heavy atom. The Bertz CT molecular complexity index is 722. The van der Waals surface area contributed by atoms with Crippen LogP contribution in [0, 0.1) is 17.8 Å². The molecule has 1 aromatic rings. The molecule has 1 spiro atoms. The lowest BCUT2D eigenvalue weighted by Gasteiger charge is -2.62. The van der Waals surface area contributed by atoms with Crippen LogP contribution in [0.25, 0.3) is 0 Å². The zero-order chi connectivity index (χ0) is 18.9. The van der Waals surface area contributed by atoms with E-state index in [2.05, 4.69) is 45.1 Å². The normalized spacial score (nSPS) is 51.3. The molecule has 1 saturated carbocycles. The quantitative estimate of drug-likeness (QED) is 0.556. The summed E-state index contributed by atoms with van der Waals surface area (Å²) in [4.78, 5) is 20.6. The van der Waals surface area contributed by atoms with Crippen molar-refractivity contribution in [2.75, 3.05) is 5.32 Å². The predicted molar refractivity (Wildman–Crippen MR) is 101 cm³/mol. The van der Waals surface area contributed by atoms with E-state index < -0.39 is 22.0 Å².